The quantitative estimate of drug-likeness (QED) is 0.845. The molecule has 0 atom stereocenters. The van der Waals surface area contributed by atoms with E-state index in [1.165, 1.54) is 0 Å². The van der Waals surface area contributed by atoms with Gasteiger partial charge in [0.05, 0.1) is 21.3 Å². The molecule has 1 aromatic heterocycles. The Morgan fingerprint density at radius 1 is 1.08 bits per heavy atom. The molecule has 0 aliphatic rings. The number of pyridine rings is 1. The Labute approximate surface area is 141 Å². The van der Waals surface area contributed by atoms with Crippen molar-refractivity contribution in [3.63, 3.8) is 0 Å². The zero-order valence-electron chi connectivity index (χ0n) is 14.4. The van der Waals surface area contributed by atoms with E-state index in [1.807, 2.05) is 31.2 Å². The predicted octanol–water partition coefficient (Wildman–Crippen LogP) is 2.99. The van der Waals surface area contributed by atoms with Gasteiger partial charge < -0.3 is 19.5 Å². The highest BCUT2D eigenvalue weighted by atomic mass is 16.5. The second-order valence-electron chi connectivity index (χ2n) is 5.30. The van der Waals surface area contributed by atoms with Crippen molar-refractivity contribution in [2.75, 3.05) is 26.6 Å². The molecule has 6 nitrogen and oxygen atoms in total. The molecule has 0 fully saturated rings. The molecule has 2 aromatic rings. The number of benzene rings is 1. The van der Waals surface area contributed by atoms with Crippen LogP contribution in [0, 0.1) is 6.92 Å². The first-order valence-corrected chi connectivity index (χ1v) is 7.58. The zero-order chi connectivity index (χ0) is 17.5. The van der Waals surface area contributed by atoms with Crippen LogP contribution in [-0.4, -0.2) is 32.2 Å². The fourth-order valence-corrected chi connectivity index (χ4v) is 2.35. The number of carbonyl (C=O) groups is 1. The summed E-state index contributed by atoms with van der Waals surface area (Å²) in [6, 6.07) is 7.40. The minimum atomic E-state index is -0.0955. The standard InChI is InChI=1S/C18H22N2O4/c1-12-7-8-19-16(9-12)20-17(21)6-5-13-10-14(22-2)18(24-4)15(11-13)23-3/h7-11H,5-6H2,1-4H3,(H,19,20,21). The SMILES string of the molecule is COc1cc(CCC(=O)Nc2cc(C)ccn2)cc(OC)c1OC. The number of hydrogen-bond acceptors (Lipinski definition) is 5. The van der Waals surface area contributed by atoms with Gasteiger partial charge in [-0.2, -0.15) is 0 Å². The zero-order valence-corrected chi connectivity index (χ0v) is 14.4. The Balaban J connectivity index is 2.04. The van der Waals surface area contributed by atoms with Crippen LogP contribution in [0.5, 0.6) is 17.2 Å². The maximum Gasteiger partial charge on any atom is 0.225 e. The minimum absolute atomic E-state index is 0.0955. The summed E-state index contributed by atoms with van der Waals surface area (Å²) >= 11 is 0. The molecule has 0 saturated heterocycles. The maximum atomic E-state index is 12.1. The number of ether oxygens (including phenoxy) is 3. The summed E-state index contributed by atoms with van der Waals surface area (Å²) < 4.78 is 15.9. The number of nitrogens with zero attached hydrogens (tertiary/aromatic N) is 1. The lowest BCUT2D eigenvalue weighted by Crippen LogP contribution is -2.13. The van der Waals surface area contributed by atoms with Crippen molar-refractivity contribution < 1.29 is 19.0 Å². The molecule has 24 heavy (non-hydrogen) atoms. The first-order valence-electron chi connectivity index (χ1n) is 7.58. The highest BCUT2D eigenvalue weighted by Gasteiger charge is 2.14. The summed E-state index contributed by atoms with van der Waals surface area (Å²) in [4.78, 5) is 16.2. The van der Waals surface area contributed by atoms with Gasteiger partial charge in [0.2, 0.25) is 11.7 Å². The van der Waals surface area contributed by atoms with Gasteiger partial charge in [0.25, 0.3) is 0 Å². The van der Waals surface area contributed by atoms with Crippen molar-refractivity contribution in [3.05, 3.63) is 41.6 Å². The minimum Gasteiger partial charge on any atom is -0.493 e. The third-order valence-electron chi connectivity index (χ3n) is 3.55. The number of amides is 1. The molecule has 0 bridgehead atoms. The van der Waals surface area contributed by atoms with Crippen LogP contribution in [-0.2, 0) is 11.2 Å². The van der Waals surface area contributed by atoms with Crippen molar-refractivity contribution >= 4 is 11.7 Å². The van der Waals surface area contributed by atoms with E-state index in [4.69, 9.17) is 14.2 Å². The molecule has 6 heteroatoms. The predicted molar refractivity (Wildman–Crippen MR) is 92.0 cm³/mol. The van der Waals surface area contributed by atoms with Crippen molar-refractivity contribution in [3.8, 4) is 17.2 Å². The fraction of sp³-hybridized carbons (Fsp3) is 0.333. The average molecular weight is 330 g/mol. The van der Waals surface area contributed by atoms with E-state index in [0.29, 0.717) is 35.9 Å². The number of rotatable bonds is 7. The van der Waals surface area contributed by atoms with Crippen LogP contribution >= 0.6 is 0 Å². The Morgan fingerprint density at radius 3 is 2.29 bits per heavy atom. The van der Waals surface area contributed by atoms with E-state index in [1.54, 1.807) is 27.5 Å². The maximum absolute atomic E-state index is 12.1. The van der Waals surface area contributed by atoms with Gasteiger partial charge in [-0.25, -0.2) is 4.98 Å². The van der Waals surface area contributed by atoms with E-state index in [2.05, 4.69) is 10.3 Å². The molecule has 0 aliphatic carbocycles. The van der Waals surface area contributed by atoms with Crippen LogP contribution in [0.1, 0.15) is 17.5 Å². The molecular weight excluding hydrogens is 308 g/mol. The van der Waals surface area contributed by atoms with Crippen LogP contribution in [0.4, 0.5) is 5.82 Å². The van der Waals surface area contributed by atoms with E-state index >= 15 is 0 Å². The summed E-state index contributed by atoms with van der Waals surface area (Å²) in [6.45, 7) is 1.95. The second kappa shape index (κ2) is 8.19. The number of aryl methyl sites for hydroxylation is 2. The smallest absolute Gasteiger partial charge is 0.225 e. The summed E-state index contributed by atoms with van der Waals surface area (Å²) in [6.07, 6.45) is 2.55. The lowest BCUT2D eigenvalue weighted by atomic mass is 10.1. The first kappa shape index (κ1) is 17.6. The number of methoxy groups -OCH3 is 3. The Hall–Kier alpha value is -2.76. The van der Waals surface area contributed by atoms with Crippen molar-refractivity contribution in [1.29, 1.82) is 0 Å². The lowest BCUT2D eigenvalue weighted by Gasteiger charge is -2.14. The monoisotopic (exact) mass is 330 g/mol. The van der Waals surface area contributed by atoms with Gasteiger partial charge >= 0.3 is 0 Å². The van der Waals surface area contributed by atoms with Crippen molar-refractivity contribution in [2.24, 2.45) is 0 Å². The second-order valence-corrected chi connectivity index (χ2v) is 5.30. The number of hydrogen-bond donors (Lipinski definition) is 1. The molecule has 0 spiro atoms. The molecule has 128 valence electrons. The third-order valence-corrected chi connectivity index (χ3v) is 3.55. The van der Waals surface area contributed by atoms with E-state index in [9.17, 15) is 4.79 Å². The van der Waals surface area contributed by atoms with E-state index in [0.717, 1.165) is 11.1 Å². The van der Waals surface area contributed by atoms with Gasteiger partial charge in [-0.05, 0) is 48.7 Å². The normalized spacial score (nSPS) is 10.2. The Kier molecular flexibility index (Phi) is 6.01. The van der Waals surface area contributed by atoms with Crippen LogP contribution in [0.25, 0.3) is 0 Å². The number of aromatic nitrogens is 1. The van der Waals surface area contributed by atoms with Gasteiger partial charge in [-0.15, -0.1) is 0 Å². The molecular formula is C18H22N2O4. The number of nitrogens with one attached hydrogen (secondary N) is 1. The Morgan fingerprint density at radius 2 is 1.75 bits per heavy atom. The lowest BCUT2D eigenvalue weighted by molar-refractivity contribution is -0.116. The first-order chi connectivity index (χ1) is 11.6. The summed E-state index contributed by atoms with van der Waals surface area (Å²) in [7, 11) is 4.69. The molecule has 1 heterocycles. The molecule has 0 aliphatic heterocycles. The van der Waals surface area contributed by atoms with Gasteiger partial charge in [-0.3, -0.25) is 4.79 Å². The van der Waals surface area contributed by atoms with Crippen molar-refractivity contribution in [2.45, 2.75) is 19.8 Å². The van der Waals surface area contributed by atoms with Crippen LogP contribution < -0.4 is 19.5 Å². The number of carbonyl (C=O) groups excluding carboxylic acids is 1. The third kappa shape index (κ3) is 4.38. The topological polar surface area (TPSA) is 69.7 Å². The highest BCUT2D eigenvalue weighted by molar-refractivity contribution is 5.89. The molecule has 1 amide bonds. The molecule has 0 saturated carbocycles. The fourth-order valence-electron chi connectivity index (χ4n) is 2.35. The van der Waals surface area contributed by atoms with Gasteiger partial charge in [0, 0.05) is 12.6 Å². The summed E-state index contributed by atoms with van der Waals surface area (Å²) in [5.41, 5.74) is 1.97. The van der Waals surface area contributed by atoms with E-state index < -0.39 is 0 Å². The van der Waals surface area contributed by atoms with Crippen molar-refractivity contribution in [1.82, 2.24) is 4.98 Å². The average Bonchev–Trinajstić information content (AvgIpc) is 2.58. The highest BCUT2D eigenvalue weighted by Crippen LogP contribution is 2.38. The molecule has 1 aromatic carbocycles. The Bertz CT molecular complexity index is 691. The van der Waals surface area contributed by atoms with Crippen LogP contribution in [0.3, 0.4) is 0 Å². The summed E-state index contributed by atoms with van der Waals surface area (Å²) in [5, 5.41) is 2.80. The van der Waals surface area contributed by atoms with Gasteiger partial charge in [-0.1, -0.05) is 0 Å². The van der Waals surface area contributed by atoms with Gasteiger partial charge in [0.15, 0.2) is 11.5 Å². The van der Waals surface area contributed by atoms with Gasteiger partial charge in [0.1, 0.15) is 5.82 Å². The largest absolute Gasteiger partial charge is 0.493 e. The van der Waals surface area contributed by atoms with Crippen LogP contribution in [0.15, 0.2) is 30.5 Å². The molecule has 2 rings (SSSR count). The molecule has 1 N–H and O–H groups in total. The van der Waals surface area contributed by atoms with E-state index in [-0.39, 0.29) is 5.91 Å². The molecule has 0 unspecified atom stereocenters. The van der Waals surface area contributed by atoms with Crippen LogP contribution in [0.2, 0.25) is 0 Å². The summed E-state index contributed by atoms with van der Waals surface area (Å²) in [5.74, 6) is 2.16. The molecule has 0 radical (unpaired) electrons. The number of anilines is 1.